The fourth-order valence-corrected chi connectivity index (χ4v) is 3.48. The van der Waals surface area contributed by atoms with Gasteiger partial charge in [-0.1, -0.05) is 38.2 Å². The van der Waals surface area contributed by atoms with Crippen LogP contribution in [0.2, 0.25) is 0 Å². The Kier molecular flexibility index (Phi) is 5.20. The van der Waals surface area contributed by atoms with Crippen LogP contribution in [-0.4, -0.2) is 23.1 Å². The molecule has 22 heavy (non-hydrogen) atoms. The maximum Gasteiger partial charge on any atom is 0.196 e. The molecule has 2 aliphatic carbocycles. The highest BCUT2D eigenvalue weighted by molar-refractivity contribution is 5.94. The summed E-state index contributed by atoms with van der Waals surface area (Å²) in [6, 6.07) is 8.22. The lowest BCUT2D eigenvalue weighted by Crippen LogP contribution is -2.41. The lowest BCUT2D eigenvalue weighted by Gasteiger charge is -2.25. The zero-order valence-corrected chi connectivity index (χ0v) is 13.2. The Morgan fingerprint density at radius 3 is 2.45 bits per heavy atom. The molecule has 2 saturated carbocycles. The zero-order chi connectivity index (χ0) is 15.2. The van der Waals surface area contributed by atoms with Gasteiger partial charge in [-0.2, -0.15) is 0 Å². The van der Waals surface area contributed by atoms with Crippen LogP contribution in [0.4, 0.5) is 5.69 Å². The summed E-state index contributed by atoms with van der Waals surface area (Å²) in [5.74, 6) is 1.16. The highest BCUT2D eigenvalue weighted by Crippen LogP contribution is 2.22. The highest BCUT2D eigenvalue weighted by Gasteiger charge is 2.18. The van der Waals surface area contributed by atoms with E-state index in [2.05, 4.69) is 10.6 Å². The summed E-state index contributed by atoms with van der Waals surface area (Å²) >= 11 is 0. The van der Waals surface area contributed by atoms with Crippen molar-refractivity contribution in [2.75, 3.05) is 5.32 Å². The van der Waals surface area contributed by atoms with Crippen LogP contribution in [0.3, 0.4) is 0 Å². The zero-order valence-electron chi connectivity index (χ0n) is 13.2. The molecule has 120 valence electrons. The summed E-state index contributed by atoms with van der Waals surface area (Å²) in [4.78, 5) is 4.91. The van der Waals surface area contributed by atoms with Crippen molar-refractivity contribution in [3.05, 3.63) is 24.3 Å². The van der Waals surface area contributed by atoms with Crippen molar-refractivity contribution in [2.24, 2.45) is 4.99 Å². The van der Waals surface area contributed by atoms with Gasteiger partial charge in [0.25, 0.3) is 0 Å². The average molecular weight is 301 g/mol. The van der Waals surface area contributed by atoms with Crippen LogP contribution in [0.15, 0.2) is 29.3 Å². The van der Waals surface area contributed by atoms with Gasteiger partial charge >= 0.3 is 0 Å². The number of benzene rings is 1. The quantitative estimate of drug-likeness (QED) is 0.583. The molecule has 1 aromatic carbocycles. The first-order valence-corrected chi connectivity index (χ1v) is 8.70. The Morgan fingerprint density at radius 1 is 1.00 bits per heavy atom. The number of guanidine groups is 1. The lowest BCUT2D eigenvalue weighted by atomic mass is 9.96. The second-order valence-electron chi connectivity index (χ2n) is 6.57. The van der Waals surface area contributed by atoms with Crippen molar-refractivity contribution in [3.8, 4) is 5.75 Å². The van der Waals surface area contributed by atoms with Crippen molar-refractivity contribution in [3.63, 3.8) is 0 Å². The summed E-state index contributed by atoms with van der Waals surface area (Å²) in [6.07, 6.45) is 11.4. The molecule has 1 aromatic rings. The predicted octanol–water partition coefficient (Wildman–Crippen LogP) is 4.03. The second-order valence-corrected chi connectivity index (χ2v) is 6.57. The molecule has 0 saturated heterocycles. The first kappa shape index (κ1) is 15.2. The maximum atomic E-state index is 9.63. The molecule has 0 spiro atoms. The third-order valence-electron chi connectivity index (χ3n) is 4.69. The van der Waals surface area contributed by atoms with Gasteiger partial charge in [0.15, 0.2) is 5.96 Å². The number of phenols is 1. The van der Waals surface area contributed by atoms with Crippen molar-refractivity contribution in [1.29, 1.82) is 0 Å². The van der Waals surface area contributed by atoms with Crippen LogP contribution in [0.5, 0.6) is 5.75 Å². The Balaban J connectivity index is 1.69. The maximum absolute atomic E-state index is 9.63. The van der Waals surface area contributed by atoms with E-state index >= 15 is 0 Å². The number of anilines is 1. The van der Waals surface area contributed by atoms with E-state index in [0.717, 1.165) is 11.6 Å². The van der Waals surface area contributed by atoms with E-state index in [9.17, 15) is 5.11 Å². The molecule has 0 aromatic heterocycles. The number of nitrogens with zero attached hydrogens (tertiary/aromatic N) is 1. The van der Waals surface area contributed by atoms with Crippen LogP contribution >= 0.6 is 0 Å². The minimum atomic E-state index is 0.280. The fraction of sp³-hybridized carbons (Fsp3) is 0.611. The summed E-state index contributed by atoms with van der Waals surface area (Å²) in [5.41, 5.74) is 0.889. The van der Waals surface area contributed by atoms with Gasteiger partial charge in [0.2, 0.25) is 0 Å². The van der Waals surface area contributed by atoms with Gasteiger partial charge in [0.1, 0.15) is 5.75 Å². The number of phenolic OH excluding ortho intramolecular Hbond substituents is 1. The standard InChI is InChI=1S/C18H27N3O/c22-17-12-6-11-16(13-17)21-18(20-15-9-4-5-10-15)19-14-7-2-1-3-8-14/h6,11-15,22H,1-5,7-10H2,(H2,19,20,21). The number of nitrogens with one attached hydrogen (secondary N) is 2. The molecule has 0 radical (unpaired) electrons. The number of aliphatic imine (C=N–C) groups is 1. The van der Waals surface area contributed by atoms with Crippen molar-refractivity contribution in [1.82, 2.24) is 5.32 Å². The Bertz CT molecular complexity index is 503. The highest BCUT2D eigenvalue weighted by atomic mass is 16.3. The van der Waals surface area contributed by atoms with E-state index < -0.39 is 0 Å². The SMILES string of the molecule is Oc1cccc(NC(=NC2CCCC2)NC2CCCCC2)c1. The van der Waals surface area contributed by atoms with Crippen LogP contribution in [0.1, 0.15) is 57.8 Å². The molecule has 3 N–H and O–H groups in total. The Morgan fingerprint density at radius 2 is 1.73 bits per heavy atom. The minimum absolute atomic E-state index is 0.280. The second kappa shape index (κ2) is 7.52. The first-order chi connectivity index (χ1) is 10.8. The summed E-state index contributed by atoms with van der Waals surface area (Å²) in [5, 5.41) is 16.6. The molecule has 4 heteroatoms. The fourth-order valence-electron chi connectivity index (χ4n) is 3.48. The van der Waals surface area contributed by atoms with Gasteiger partial charge in [0.05, 0.1) is 6.04 Å². The van der Waals surface area contributed by atoms with Gasteiger partial charge < -0.3 is 15.7 Å². The average Bonchev–Trinajstić information content (AvgIpc) is 3.01. The molecule has 3 rings (SSSR count). The first-order valence-electron chi connectivity index (χ1n) is 8.70. The van der Waals surface area contributed by atoms with Gasteiger partial charge in [-0.15, -0.1) is 0 Å². The number of aromatic hydroxyl groups is 1. The lowest BCUT2D eigenvalue weighted by molar-refractivity contribution is 0.412. The molecule has 0 amide bonds. The Labute approximate surface area is 133 Å². The van der Waals surface area contributed by atoms with Crippen LogP contribution in [0.25, 0.3) is 0 Å². The molecular formula is C18H27N3O. The topological polar surface area (TPSA) is 56.6 Å². The smallest absolute Gasteiger partial charge is 0.196 e. The van der Waals surface area contributed by atoms with Crippen LogP contribution < -0.4 is 10.6 Å². The summed E-state index contributed by atoms with van der Waals surface area (Å²) in [7, 11) is 0. The third-order valence-corrected chi connectivity index (χ3v) is 4.69. The van der Waals surface area contributed by atoms with E-state index in [1.165, 1.54) is 57.8 Å². The van der Waals surface area contributed by atoms with Gasteiger partial charge in [0, 0.05) is 17.8 Å². The number of hydrogen-bond donors (Lipinski definition) is 3. The minimum Gasteiger partial charge on any atom is -0.508 e. The molecule has 0 aliphatic heterocycles. The molecule has 0 heterocycles. The van der Waals surface area contributed by atoms with E-state index in [-0.39, 0.29) is 5.75 Å². The van der Waals surface area contributed by atoms with Crippen LogP contribution in [-0.2, 0) is 0 Å². The molecule has 0 unspecified atom stereocenters. The molecule has 0 atom stereocenters. The van der Waals surface area contributed by atoms with Gasteiger partial charge in [-0.3, -0.25) is 0 Å². The van der Waals surface area contributed by atoms with Gasteiger partial charge in [-0.05, 0) is 37.8 Å². The van der Waals surface area contributed by atoms with Crippen molar-refractivity contribution < 1.29 is 5.11 Å². The molecular weight excluding hydrogens is 274 g/mol. The predicted molar refractivity (Wildman–Crippen MR) is 91.4 cm³/mol. The molecule has 2 aliphatic rings. The van der Waals surface area contributed by atoms with E-state index in [1.807, 2.05) is 12.1 Å². The third kappa shape index (κ3) is 4.39. The van der Waals surface area contributed by atoms with E-state index in [0.29, 0.717) is 12.1 Å². The van der Waals surface area contributed by atoms with Crippen LogP contribution in [0, 0.1) is 0 Å². The molecule has 2 fully saturated rings. The Hall–Kier alpha value is -1.71. The summed E-state index contributed by atoms with van der Waals surface area (Å²) < 4.78 is 0. The van der Waals surface area contributed by atoms with E-state index in [1.54, 1.807) is 12.1 Å². The monoisotopic (exact) mass is 301 g/mol. The van der Waals surface area contributed by atoms with Crippen molar-refractivity contribution >= 4 is 11.6 Å². The van der Waals surface area contributed by atoms with E-state index in [4.69, 9.17) is 4.99 Å². The van der Waals surface area contributed by atoms with Crippen molar-refractivity contribution in [2.45, 2.75) is 69.9 Å². The largest absolute Gasteiger partial charge is 0.508 e. The van der Waals surface area contributed by atoms with Gasteiger partial charge in [-0.25, -0.2) is 4.99 Å². The summed E-state index contributed by atoms with van der Waals surface area (Å²) in [6.45, 7) is 0. The molecule has 4 nitrogen and oxygen atoms in total. The number of hydrogen-bond acceptors (Lipinski definition) is 2. The molecule has 0 bridgehead atoms. The normalized spacial score (nSPS) is 21.0. The number of rotatable bonds is 3.